The molecule has 0 saturated heterocycles. The van der Waals surface area contributed by atoms with E-state index in [1.54, 1.807) is 0 Å². The predicted molar refractivity (Wildman–Crippen MR) is 77.2 cm³/mol. The van der Waals surface area contributed by atoms with Crippen molar-refractivity contribution in [2.45, 2.75) is 26.8 Å². The Hall–Kier alpha value is -2.16. The number of nitrogens with zero attached hydrogens (tertiary/aromatic N) is 3. The molecule has 0 N–H and O–H groups in total. The Labute approximate surface area is 112 Å². The zero-order chi connectivity index (χ0) is 13.2. The molecule has 3 aromatic rings. The molecule has 3 nitrogen and oxygen atoms in total. The van der Waals surface area contributed by atoms with Gasteiger partial charge in [-0.3, -0.25) is 0 Å². The van der Waals surface area contributed by atoms with Crippen LogP contribution in [-0.2, 0) is 13.0 Å². The molecule has 0 atom stereocenters. The molecule has 0 radical (unpaired) electrons. The third kappa shape index (κ3) is 2.24. The van der Waals surface area contributed by atoms with Gasteiger partial charge in [0.2, 0.25) is 0 Å². The highest BCUT2D eigenvalue weighted by atomic mass is 15.1. The highest BCUT2D eigenvalue weighted by Gasteiger charge is 2.10. The quantitative estimate of drug-likeness (QED) is 0.714. The van der Waals surface area contributed by atoms with E-state index in [1.807, 2.05) is 18.3 Å². The Morgan fingerprint density at radius 2 is 2.05 bits per heavy atom. The summed E-state index contributed by atoms with van der Waals surface area (Å²) >= 11 is 0. The first-order valence-corrected chi connectivity index (χ1v) is 6.63. The van der Waals surface area contributed by atoms with E-state index in [0.717, 1.165) is 30.0 Å². The Morgan fingerprint density at radius 3 is 2.84 bits per heavy atom. The van der Waals surface area contributed by atoms with Crippen molar-refractivity contribution >= 4 is 11.2 Å². The van der Waals surface area contributed by atoms with E-state index in [1.165, 1.54) is 11.1 Å². The van der Waals surface area contributed by atoms with Crippen LogP contribution < -0.4 is 0 Å². The molecule has 2 aromatic heterocycles. The van der Waals surface area contributed by atoms with Crippen molar-refractivity contribution in [2.24, 2.45) is 0 Å². The van der Waals surface area contributed by atoms with E-state index in [9.17, 15) is 0 Å². The topological polar surface area (TPSA) is 30.7 Å². The van der Waals surface area contributed by atoms with Gasteiger partial charge in [0.25, 0.3) is 0 Å². The minimum atomic E-state index is 0.853. The van der Waals surface area contributed by atoms with Gasteiger partial charge in [-0.2, -0.15) is 0 Å². The summed E-state index contributed by atoms with van der Waals surface area (Å²) in [7, 11) is 0. The summed E-state index contributed by atoms with van der Waals surface area (Å²) in [4.78, 5) is 9.14. The molecule has 0 aliphatic rings. The summed E-state index contributed by atoms with van der Waals surface area (Å²) in [6.45, 7) is 5.15. The normalized spacial score (nSPS) is 11.1. The van der Waals surface area contributed by atoms with Crippen LogP contribution in [0.25, 0.3) is 11.2 Å². The molecule has 0 spiro atoms. The Kier molecular flexibility index (Phi) is 3.03. The molecule has 0 unspecified atom stereocenters. The maximum absolute atomic E-state index is 4.71. The van der Waals surface area contributed by atoms with Crippen LogP contribution in [0.2, 0.25) is 0 Å². The van der Waals surface area contributed by atoms with Crippen molar-refractivity contribution in [3.8, 4) is 0 Å². The Balaban J connectivity index is 2.05. The molecule has 0 saturated carbocycles. The minimum absolute atomic E-state index is 0.853. The lowest BCUT2D eigenvalue weighted by Gasteiger charge is -2.06. The molecule has 0 fully saturated rings. The van der Waals surface area contributed by atoms with Crippen molar-refractivity contribution in [3.05, 3.63) is 59.5 Å². The fraction of sp³-hybridized carbons (Fsp3) is 0.250. The maximum Gasteiger partial charge on any atom is 0.159 e. The standard InChI is InChI=1S/C16H17N3/c1-3-19-15(11-13-7-4-6-12(2)10-13)18-14-8-5-9-17-16(14)19/h4-10H,3,11H2,1-2H3. The summed E-state index contributed by atoms with van der Waals surface area (Å²) in [6.07, 6.45) is 2.68. The van der Waals surface area contributed by atoms with E-state index in [-0.39, 0.29) is 0 Å². The van der Waals surface area contributed by atoms with E-state index in [2.05, 4.69) is 47.7 Å². The fourth-order valence-corrected chi connectivity index (χ4v) is 2.48. The number of hydrogen-bond donors (Lipinski definition) is 0. The SMILES string of the molecule is CCn1c(Cc2cccc(C)c2)nc2cccnc21. The lowest BCUT2D eigenvalue weighted by molar-refractivity contribution is 0.727. The molecule has 0 bridgehead atoms. The van der Waals surface area contributed by atoms with Gasteiger partial charge >= 0.3 is 0 Å². The molecule has 2 heterocycles. The minimum Gasteiger partial charge on any atom is -0.313 e. The zero-order valence-electron chi connectivity index (χ0n) is 11.3. The van der Waals surface area contributed by atoms with Crippen LogP contribution in [0.1, 0.15) is 23.9 Å². The molecular formula is C16H17N3. The van der Waals surface area contributed by atoms with Gasteiger partial charge in [-0.1, -0.05) is 29.8 Å². The first-order valence-electron chi connectivity index (χ1n) is 6.63. The van der Waals surface area contributed by atoms with Gasteiger partial charge in [-0.05, 0) is 31.5 Å². The number of pyridine rings is 1. The number of hydrogen-bond acceptors (Lipinski definition) is 2. The second-order valence-electron chi connectivity index (χ2n) is 4.78. The van der Waals surface area contributed by atoms with Crippen LogP contribution in [0, 0.1) is 6.92 Å². The summed E-state index contributed by atoms with van der Waals surface area (Å²) in [6, 6.07) is 12.5. The van der Waals surface area contributed by atoms with Gasteiger partial charge < -0.3 is 4.57 Å². The average molecular weight is 251 g/mol. The highest BCUT2D eigenvalue weighted by Crippen LogP contribution is 2.17. The third-order valence-electron chi connectivity index (χ3n) is 3.34. The largest absolute Gasteiger partial charge is 0.313 e. The number of aryl methyl sites for hydroxylation is 2. The van der Waals surface area contributed by atoms with E-state index in [4.69, 9.17) is 4.98 Å². The number of rotatable bonds is 3. The number of fused-ring (bicyclic) bond motifs is 1. The average Bonchev–Trinajstić information content (AvgIpc) is 2.75. The fourth-order valence-electron chi connectivity index (χ4n) is 2.48. The number of aromatic nitrogens is 3. The highest BCUT2D eigenvalue weighted by molar-refractivity contribution is 5.71. The molecule has 3 rings (SSSR count). The zero-order valence-corrected chi connectivity index (χ0v) is 11.3. The molecule has 3 heteroatoms. The lowest BCUT2D eigenvalue weighted by Crippen LogP contribution is -2.03. The van der Waals surface area contributed by atoms with E-state index < -0.39 is 0 Å². The first kappa shape index (κ1) is 11.9. The predicted octanol–water partition coefficient (Wildman–Crippen LogP) is 3.35. The smallest absolute Gasteiger partial charge is 0.159 e. The second kappa shape index (κ2) is 4.84. The van der Waals surface area contributed by atoms with Gasteiger partial charge in [-0.25, -0.2) is 9.97 Å². The van der Waals surface area contributed by atoms with Gasteiger partial charge in [0.1, 0.15) is 11.3 Å². The Morgan fingerprint density at radius 1 is 1.16 bits per heavy atom. The van der Waals surface area contributed by atoms with Crippen molar-refractivity contribution in [1.29, 1.82) is 0 Å². The van der Waals surface area contributed by atoms with Gasteiger partial charge in [0, 0.05) is 19.2 Å². The van der Waals surface area contributed by atoms with Crippen LogP contribution in [0.3, 0.4) is 0 Å². The maximum atomic E-state index is 4.71. The summed E-state index contributed by atoms with van der Waals surface area (Å²) in [5, 5.41) is 0. The molecule has 0 amide bonds. The van der Waals surface area contributed by atoms with E-state index in [0.29, 0.717) is 0 Å². The first-order chi connectivity index (χ1) is 9.28. The van der Waals surface area contributed by atoms with Crippen molar-refractivity contribution in [3.63, 3.8) is 0 Å². The van der Waals surface area contributed by atoms with E-state index >= 15 is 0 Å². The van der Waals surface area contributed by atoms with Crippen molar-refractivity contribution < 1.29 is 0 Å². The molecular weight excluding hydrogens is 234 g/mol. The van der Waals surface area contributed by atoms with Crippen LogP contribution in [0.5, 0.6) is 0 Å². The van der Waals surface area contributed by atoms with Gasteiger partial charge in [0.15, 0.2) is 5.65 Å². The van der Waals surface area contributed by atoms with Crippen LogP contribution in [-0.4, -0.2) is 14.5 Å². The third-order valence-corrected chi connectivity index (χ3v) is 3.34. The van der Waals surface area contributed by atoms with Gasteiger partial charge in [-0.15, -0.1) is 0 Å². The van der Waals surface area contributed by atoms with Crippen molar-refractivity contribution in [1.82, 2.24) is 14.5 Å². The summed E-state index contributed by atoms with van der Waals surface area (Å²) in [5.41, 5.74) is 4.54. The monoisotopic (exact) mass is 251 g/mol. The lowest BCUT2D eigenvalue weighted by atomic mass is 10.1. The number of imidazole rings is 1. The molecule has 0 aliphatic carbocycles. The molecule has 0 aliphatic heterocycles. The van der Waals surface area contributed by atoms with Crippen LogP contribution >= 0.6 is 0 Å². The summed E-state index contributed by atoms with van der Waals surface area (Å²) < 4.78 is 2.19. The van der Waals surface area contributed by atoms with Crippen LogP contribution in [0.15, 0.2) is 42.6 Å². The summed E-state index contributed by atoms with van der Waals surface area (Å²) in [5.74, 6) is 1.09. The Bertz CT molecular complexity index is 713. The number of benzene rings is 1. The van der Waals surface area contributed by atoms with Crippen LogP contribution in [0.4, 0.5) is 0 Å². The van der Waals surface area contributed by atoms with Crippen molar-refractivity contribution in [2.75, 3.05) is 0 Å². The second-order valence-corrected chi connectivity index (χ2v) is 4.78. The molecule has 19 heavy (non-hydrogen) atoms. The van der Waals surface area contributed by atoms with Gasteiger partial charge in [0.05, 0.1) is 0 Å². The molecule has 1 aromatic carbocycles. The molecule has 96 valence electrons.